The van der Waals surface area contributed by atoms with Crippen molar-refractivity contribution in [1.82, 2.24) is 20.1 Å². The number of aromatic nitrogens is 3. The zero-order chi connectivity index (χ0) is 31.3. The molecule has 2 aromatic carbocycles. The van der Waals surface area contributed by atoms with E-state index in [1.54, 1.807) is 30.3 Å². The Kier molecular flexibility index (Phi) is 7.42. The Bertz CT molecular complexity index is 1770. The number of amides is 2. The van der Waals surface area contributed by atoms with Crippen molar-refractivity contribution in [3.05, 3.63) is 100 Å². The van der Waals surface area contributed by atoms with Crippen LogP contribution in [-0.2, 0) is 41.3 Å². The van der Waals surface area contributed by atoms with E-state index < -0.39 is 59.8 Å². The molecule has 4 aromatic rings. The van der Waals surface area contributed by atoms with Crippen LogP contribution in [0.25, 0.3) is 11.1 Å². The SMILES string of the molecule is CC1Cc2c(C(F)F)nn(CC(=O)NC(Cc3cc(F)cc(F)c3)c3ncccc3-c3ccc4c(c3)CC(=O)N4)c2C1(F)F. The van der Waals surface area contributed by atoms with Crippen LogP contribution in [0.5, 0.6) is 0 Å². The highest BCUT2D eigenvalue weighted by atomic mass is 19.3. The van der Waals surface area contributed by atoms with E-state index in [1.165, 1.54) is 13.1 Å². The molecule has 13 heteroatoms. The second kappa shape index (κ2) is 11.1. The molecule has 1 aliphatic carbocycles. The van der Waals surface area contributed by atoms with E-state index in [2.05, 4.69) is 20.7 Å². The van der Waals surface area contributed by atoms with Gasteiger partial charge in [0.1, 0.15) is 29.6 Å². The molecule has 1 aliphatic heterocycles. The molecule has 2 aromatic heterocycles. The molecule has 3 heterocycles. The van der Waals surface area contributed by atoms with Gasteiger partial charge >= 0.3 is 0 Å². The van der Waals surface area contributed by atoms with Gasteiger partial charge in [0.05, 0.1) is 18.2 Å². The summed E-state index contributed by atoms with van der Waals surface area (Å²) in [5, 5.41) is 9.12. The van der Waals surface area contributed by atoms with Crippen molar-refractivity contribution in [2.24, 2.45) is 5.92 Å². The maximum Gasteiger partial charge on any atom is 0.292 e. The predicted molar refractivity (Wildman–Crippen MR) is 147 cm³/mol. The number of nitrogens with zero attached hydrogens (tertiary/aromatic N) is 3. The summed E-state index contributed by atoms with van der Waals surface area (Å²) in [6.07, 6.45) is -1.95. The highest BCUT2D eigenvalue weighted by Gasteiger charge is 2.51. The van der Waals surface area contributed by atoms with Gasteiger partial charge in [-0.2, -0.15) is 13.9 Å². The fourth-order valence-corrected chi connectivity index (χ4v) is 5.94. The minimum Gasteiger partial charge on any atom is -0.346 e. The number of benzene rings is 2. The fraction of sp³-hybridized carbons (Fsp3) is 0.290. The lowest BCUT2D eigenvalue weighted by atomic mass is 9.94. The minimum absolute atomic E-state index is 0.151. The summed E-state index contributed by atoms with van der Waals surface area (Å²) in [5.74, 6) is -7.44. The number of rotatable bonds is 8. The van der Waals surface area contributed by atoms with E-state index in [0.717, 1.165) is 17.7 Å². The smallest absolute Gasteiger partial charge is 0.292 e. The van der Waals surface area contributed by atoms with Crippen LogP contribution < -0.4 is 10.6 Å². The number of carbonyl (C=O) groups is 2. The van der Waals surface area contributed by atoms with Gasteiger partial charge < -0.3 is 10.6 Å². The Morgan fingerprint density at radius 1 is 1.11 bits per heavy atom. The number of fused-ring (bicyclic) bond motifs is 2. The molecule has 228 valence electrons. The summed E-state index contributed by atoms with van der Waals surface area (Å²) in [7, 11) is 0. The van der Waals surface area contributed by atoms with Gasteiger partial charge in [-0.1, -0.05) is 19.1 Å². The molecule has 0 bridgehead atoms. The van der Waals surface area contributed by atoms with Crippen LogP contribution in [0.4, 0.5) is 32.0 Å². The van der Waals surface area contributed by atoms with E-state index in [0.29, 0.717) is 33.3 Å². The fourth-order valence-electron chi connectivity index (χ4n) is 5.94. The number of anilines is 1. The second-order valence-corrected chi connectivity index (χ2v) is 11.0. The first kappa shape index (κ1) is 29.4. The lowest BCUT2D eigenvalue weighted by Gasteiger charge is -2.23. The number of alkyl halides is 4. The summed E-state index contributed by atoms with van der Waals surface area (Å²) >= 11 is 0. The lowest BCUT2D eigenvalue weighted by molar-refractivity contribution is -0.123. The summed E-state index contributed by atoms with van der Waals surface area (Å²) in [4.78, 5) is 29.8. The molecule has 0 saturated heterocycles. The van der Waals surface area contributed by atoms with Gasteiger partial charge in [0.15, 0.2) is 0 Å². The third-order valence-corrected chi connectivity index (χ3v) is 7.93. The second-order valence-electron chi connectivity index (χ2n) is 11.0. The molecule has 2 unspecified atom stereocenters. The van der Waals surface area contributed by atoms with E-state index in [-0.39, 0.29) is 36.3 Å². The molecule has 0 saturated carbocycles. The molecule has 7 nitrogen and oxygen atoms in total. The first-order valence-corrected chi connectivity index (χ1v) is 13.8. The number of hydrogen-bond acceptors (Lipinski definition) is 4. The van der Waals surface area contributed by atoms with Crippen molar-refractivity contribution in [3.8, 4) is 11.1 Å². The third-order valence-electron chi connectivity index (χ3n) is 7.93. The van der Waals surface area contributed by atoms with Crippen molar-refractivity contribution in [2.45, 2.75) is 51.1 Å². The molecule has 0 radical (unpaired) electrons. The summed E-state index contributed by atoms with van der Waals surface area (Å²) in [5.41, 5.74) is 1.27. The Morgan fingerprint density at radius 2 is 1.86 bits per heavy atom. The van der Waals surface area contributed by atoms with Crippen LogP contribution in [0.1, 0.15) is 53.2 Å². The lowest BCUT2D eigenvalue weighted by Crippen LogP contribution is -2.35. The largest absolute Gasteiger partial charge is 0.346 e. The molecule has 2 N–H and O–H groups in total. The molecule has 2 atom stereocenters. The van der Waals surface area contributed by atoms with E-state index in [4.69, 9.17) is 0 Å². The van der Waals surface area contributed by atoms with Gasteiger partial charge in [0, 0.05) is 35.0 Å². The molecule has 2 aliphatic rings. The van der Waals surface area contributed by atoms with Gasteiger partial charge in [0.25, 0.3) is 12.3 Å². The highest BCUT2D eigenvalue weighted by Crippen LogP contribution is 2.48. The Balaban J connectivity index is 1.36. The maximum atomic E-state index is 15.0. The van der Waals surface area contributed by atoms with Crippen LogP contribution in [0.2, 0.25) is 0 Å². The molecule has 0 fully saturated rings. The van der Waals surface area contributed by atoms with E-state index in [1.807, 2.05) is 0 Å². The maximum absolute atomic E-state index is 15.0. The molecular formula is C31H25F6N5O2. The molecular weight excluding hydrogens is 588 g/mol. The quantitative estimate of drug-likeness (QED) is 0.237. The van der Waals surface area contributed by atoms with Crippen molar-refractivity contribution < 1.29 is 35.9 Å². The van der Waals surface area contributed by atoms with E-state index in [9.17, 15) is 27.2 Å². The average molecular weight is 614 g/mol. The summed E-state index contributed by atoms with van der Waals surface area (Å²) in [6, 6.07) is 10.5. The number of halogens is 6. The van der Waals surface area contributed by atoms with Crippen molar-refractivity contribution in [2.75, 3.05) is 5.32 Å². The molecule has 0 spiro atoms. The van der Waals surface area contributed by atoms with Gasteiger partial charge in [0.2, 0.25) is 11.8 Å². The van der Waals surface area contributed by atoms with Crippen LogP contribution in [0.15, 0.2) is 54.7 Å². The number of pyridine rings is 1. The summed E-state index contributed by atoms with van der Waals surface area (Å²) < 4.78 is 86.3. The first-order valence-electron chi connectivity index (χ1n) is 13.8. The number of hydrogen-bond donors (Lipinski definition) is 2. The zero-order valence-electron chi connectivity index (χ0n) is 23.2. The first-order chi connectivity index (χ1) is 20.9. The van der Waals surface area contributed by atoms with Crippen molar-refractivity contribution in [1.29, 1.82) is 0 Å². The van der Waals surface area contributed by atoms with E-state index >= 15 is 8.78 Å². The van der Waals surface area contributed by atoms with Crippen LogP contribution in [0.3, 0.4) is 0 Å². The minimum atomic E-state index is -3.48. The Morgan fingerprint density at radius 3 is 2.59 bits per heavy atom. The molecule has 44 heavy (non-hydrogen) atoms. The average Bonchev–Trinajstić information content (AvgIpc) is 3.57. The Labute approximate surface area is 247 Å². The van der Waals surface area contributed by atoms with Crippen molar-refractivity contribution in [3.63, 3.8) is 0 Å². The number of nitrogens with one attached hydrogen (secondary N) is 2. The van der Waals surface area contributed by atoms with Gasteiger partial charge in [-0.15, -0.1) is 0 Å². The van der Waals surface area contributed by atoms with Gasteiger partial charge in [-0.3, -0.25) is 19.3 Å². The number of carbonyl (C=O) groups excluding carboxylic acids is 2. The normalized spacial score (nSPS) is 17.4. The third kappa shape index (κ3) is 5.42. The zero-order valence-corrected chi connectivity index (χ0v) is 23.2. The van der Waals surface area contributed by atoms with Gasteiger partial charge in [-0.05, 0) is 59.9 Å². The monoisotopic (exact) mass is 613 g/mol. The van der Waals surface area contributed by atoms with Crippen LogP contribution >= 0.6 is 0 Å². The highest BCUT2D eigenvalue weighted by molar-refractivity contribution is 5.99. The van der Waals surface area contributed by atoms with Crippen molar-refractivity contribution >= 4 is 17.5 Å². The van der Waals surface area contributed by atoms with Gasteiger partial charge in [-0.25, -0.2) is 17.6 Å². The van der Waals surface area contributed by atoms with Crippen LogP contribution in [-0.4, -0.2) is 26.6 Å². The predicted octanol–water partition coefficient (Wildman–Crippen LogP) is 6.04. The molecule has 6 rings (SSSR count). The molecule has 2 amide bonds. The standard InChI is InChI=1S/C31H25F6N5O2/c1-15-7-22-28(30(34)35)41-42(29(22)31(15,36)37)14-26(44)40-24(10-16-8-19(32)13-20(33)9-16)27-21(3-2-6-38-27)17-4-5-23-18(11-17)12-25(43)39-23/h2-6,8-9,11,13,15,24,30H,7,10,12,14H2,1H3,(H,39,43)(H,40,44). The topological polar surface area (TPSA) is 88.9 Å². The summed E-state index contributed by atoms with van der Waals surface area (Å²) in [6.45, 7) is 0.432. The van der Waals surface area contributed by atoms with Crippen LogP contribution in [0, 0.1) is 17.6 Å². The Hall–Kier alpha value is -4.68.